The third-order valence-corrected chi connectivity index (χ3v) is 4.60. The molecule has 1 saturated carbocycles. The first-order valence-electron chi connectivity index (χ1n) is 7.70. The Bertz CT molecular complexity index is 613. The van der Waals surface area contributed by atoms with Crippen molar-refractivity contribution < 1.29 is 14.7 Å². The number of hydrogen-bond donors (Lipinski definition) is 1. The number of carbonyl (C=O) groups is 2. The molecule has 1 N–H and O–H groups in total. The van der Waals surface area contributed by atoms with E-state index in [4.69, 9.17) is 5.11 Å². The van der Waals surface area contributed by atoms with Crippen molar-refractivity contribution in [3.8, 4) is 0 Å². The summed E-state index contributed by atoms with van der Waals surface area (Å²) in [4.78, 5) is 35.5. The molecule has 3 rings (SSSR count). The van der Waals surface area contributed by atoms with Gasteiger partial charge in [-0.05, 0) is 19.3 Å². The predicted octanol–water partition coefficient (Wildman–Crippen LogP) is 1.68. The second-order valence-corrected chi connectivity index (χ2v) is 5.87. The van der Waals surface area contributed by atoms with Gasteiger partial charge in [0.15, 0.2) is 5.82 Å². The number of hydrogen-bond acceptors (Lipinski definition) is 5. The van der Waals surface area contributed by atoms with Crippen LogP contribution in [0.3, 0.4) is 0 Å². The fourth-order valence-electron chi connectivity index (χ4n) is 3.49. The molecule has 2 heterocycles. The topological polar surface area (TPSA) is 86.6 Å². The number of aromatic nitrogens is 2. The number of likely N-dealkylation sites (N-methyl/N-ethyl adjacent to an activating group) is 1. The molecule has 1 aromatic rings. The summed E-state index contributed by atoms with van der Waals surface area (Å²) in [5.41, 5.74) is 0.589. The summed E-state index contributed by atoms with van der Waals surface area (Å²) in [5, 5.41) is 9.15. The quantitative estimate of drug-likeness (QED) is 0.914. The fourth-order valence-corrected chi connectivity index (χ4v) is 3.49. The van der Waals surface area contributed by atoms with Crippen molar-refractivity contribution >= 4 is 23.4 Å². The lowest BCUT2D eigenvalue weighted by atomic mass is 10.0. The first-order valence-corrected chi connectivity index (χ1v) is 7.70. The number of amides is 1. The van der Waals surface area contributed by atoms with Crippen LogP contribution in [-0.4, -0.2) is 46.1 Å². The molecule has 0 saturated heterocycles. The molecular weight excluding hydrogens is 284 g/mol. The summed E-state index contributed by atoms with van der Waals surface area (Å²) in [6.45, 7) is 1.97. The van der Waals surface area contributed by atoms with Gasteiger partial charge in [0.25, 0.3) is 0 Å². The second kappa shape index (κ2) is 5.55. The average molecular weight is 304 g/mol. The predicted molar refractivity (Wildman–Crippen MR) is 81.2 cm³/mol. The second-order valence-electron chi connectivity index (χ2n) is 5.87. The highest BCUT2D eigenvalue weighted by molar-refractivity contribution is 6.04. The Morgan fingerprint density at radius 2 is 2.09 bits per heavy atom. The zero-order valence-corrected chi connectivity index (χ0v) is 12.8. The van der Waals surface area contributed by atoms with Crippen LogP contribution in [0, 0.1) is 0 Å². The molecule has 0 aromatic carbocycles. The Balaban J connectivity index is 2.13. The molecule has 1 atom stereocenters. The van der Waals surface area contributed by atoms with Crippen molar-refractivity contribution in [2.24, 2.45) is 0 Å². The summed E-state index contributed by atoms with van der Waals surface area (Å²) in [6, 6.07) is -0.0324. The summed E-state index contributed by atoms with van der Waals surface area (Å²) in [6.07, 6.45) is 6.41. The minimum absolute atomic E-state index is 0.0218. The molecule has 118 valence electrons. The largest absolute Gasteiger partial charge is 0.475 e. The zero-order chi connectivity index (χ0) is 15.9. The van der Waals surface area contributed by atoms with Crippen LogP contribution in [0.1, 0.15) is 49.6 Å². The van der Waals surface area contributed by atoms with Gasteiger partial charge >= 0.3 is 5.97 Å². The highest BCUT2D eigenvalue weighted by Crippen LogP contribution is 2.39. The summed E-state index contributed by atoms with van der Waals surface area (Å²) < 4.78 is 0. The monoisotopic (exact) mass is 304 g/mol. The lowest BCUT2D eigenvalue weighted by Crippen LogP contribution is -2.55. The number of fused-ring (bicyclic) bond motifs is 1. The van der Waals surface area contributed by atoms with Gasteiger partial charge in [-0.25, -0.2) is 14.8 Å². The number of aromatic carboxylic acids is 1. The van der Waals surface area contributed by atoms with E-state index in [1.54, 1.807) is 11.9 Å². The Morgan fingerprint density at radius 3 is 2.68 bits per heavy atom. The maximum Gasteiger partial charge on any atom is 0.374 e. The fraction of sp³-hybridized carbons (Fsp3) is 0.600. The number of nitrogens with zero attached hydrogens (tertiary/aromatic N) is 4. The number of carbonyl (C=O) groups excluding carboxylic acids is 1. The van der Waals surface area contributed by atoms with Crippen molar-refractivity contribution in [1.29, 1.82) is 0 Å². The van der Waals surface area contributed by atoms with Gasteiger partial charge in [0.1, 0.15) is 11.7 Å². The van der Waals surface area contributed by atoms with Gasteiger partial charge in [-0.2, -0.15) is 0 Å². The minimum Gasteiger partial charge on any atom is -0.475 e. The highest BCUT2D eigenvalue weighted by atomic mass is 16.4. The minimum atomic E-state index is -1.15. The van der Waals surface area contributed by atoms with Gasteiger partial charge in [0.05, 0.1) is 6.20 Å². The molecule has 1 aliphatic heterocycles. The molecule has 0 bridgehead atoms. The van der Waals surface area contributed by atoms with E-state index in [2.05, 4.69) is 9.97 Å². The van der Waals surface area contributed by atoms with E-state index in [0.717, 1.165) is 25.7 Å². The molecule has 7 nitrogen and oxygen atoms in total. The van der Waals surface area contributed by atoms with E-state index < -0.39 is 5.97 Å². The van der Waals surface area contributed by atoms with Crippen LogP contribution in [-0.2, 0) is 4.79 Å². The molecule has 0 spiro atoms. The molecular formula is C15H20N4O3. The summed E-state index contributed by atoms with van der Waals surface area (Å²) in [7, 11) is 1.69. The van der Waals surface area contributed by atoms with Crippen LogP contribution >= 0.6 is 0 Å². The normalized spacial score (nSPS) is 22.1. The van der Waals surface area contributed by atoms with Crippen molar-refractivity contribution in [3.63, 3.8) is 0 Å². The van der Waals surface area contributed by atoms with E-state index in [1.165, 1.54) is 6.20 Å². The highest BCUT2D eigenvalue weighted by Gasteiger charge is 2.41. The van der Waals surface area contributed by atoms with Crippen LogP contribution in [0.15, 0.2) is 6.20 Å². The van der Waals surface area contributed by atoms with Crippen LogP contribution in [0.4, 0.5) is 11.5 Å². The Kier molecular flexibility index (Phi) is 3.72. The standard InChI is InChI=1S/C15H20N4O3/c1-3-10-14(20)18(2)11-8-16-12(15(21)22)17-13(11)19(10)9-6-4-5-7-9/h8-10H,3-7H2,1-2H3,(H,21,22)/t10-/m1/s1. The third kappa shape index (κ3) is 2.20. The van der Waals surface area contributed by atoms with Crippen molar-refractivity contribution in [2.45, 2.75) is 51.1 Å². The number of carboxylic acids is 1. The molecule has 2 aliphatic rings. The SMILES string of the molecule is CC[C@@H]1C(=O)N(C)c2cnc(C(=O)O)nc2N1C1CCCC1. The number of carboxylic acid groups (broad SMARTS) is 1. The Morgan fingerprint density at radius 1 is 1.41 bits per heavy atom. The Hall–Kier alpha value is -2.18. The van der Waals surface area contributed by atoms with Crippen LogP contribution < -0.4 is 9.80 Å². The Labute approximate surface area is 129 Å². The van der Waals surface area contributed by atoms with Gasteiger partial charge in [0, 0.05) is 13.1 Å². The average Bonchev–Trinajstić information content (AvgIpc) is 3.03. The van der Waals surface area contributed by atoms with Gasteiger partial charge in [-0.15, -0.1) is 0 Å². The van der Waals surface area contributed by atoms with E-state index in [-0.39, 0.29) is 23.8 Å². The molecule has 22 heavy (non-hydrogen) atoms. The van der Waals surface area contributed by atoms with Crippen LogP contribution in [0.25, 0.3) is 0 Å². The first kappa shape index (κ1) is 14.7. The van der Waals surface area contributed by atoms with Crippen molar-refractivity contribution in [1.82, 2.24) is 9.97 Å². The summed E-state index contributed by atoms with van der Waals surface area (Å²) in [5.74, 6) is -0.775. The molecule has 0 radical (unpaired) electrons. The van der Waals surface area contributed by atoms with E-state index in [1.807, 2.05) is 11.8 Å². The lowest BCUT2D eigenvalue weighted by molar-refractivity contribution is -0.120. The molecule has 1 aliphatic carbocycles. The van der Waals surface area contributed by atoms with E-state index in [9.17, 15) is 9.59 Å². The maximum absolute atomic E-state index is 12.6. The molecule has 1 fully saturated rings. The van der Waals surface area contributed by atoms with E-state index in [0.29, 0.717) is 17.9 Å². The van der Waals surface area contributed by atoms with Crippen LogP contribution in [0.2, 0.25) is 0 Å². The van der Waals surface area contributed by atoms with Gasteiger partial charge in [0.2, 0.25) is 11.7 Å². The molecule has 7 heteroatoms. The van der Waals surface area contributed by atoms with Gasteiger partial charge < -0.3 is 14.9 Å². The van der Waals surface area contributed by atoms with E-state index >= 15 is 0 Å². The van der Waals surface area contributed by atoms with Gasteiger partial charge in [-0.1, -0.05) is 19.8 Å². The summed E-state index contributed by atoms with van der Waals surface area (Å²) >= 11 is 0. The number of anilines is 2. The van der Waals surface area contributed by atoms with Gasteiger partial charge in [-0.3, -0.25) is 4.79 Å². The van der Waals surface area contributed by atoms with Crippen LogP contribution in [0.5, 0.6) is 0 Å². The van der Waals surface area contributed by atoms with Crippen molar-refractivity contribution in [3.05, 3.63) is 12.0 Å². The molecule has 1 amide bonds. The molecule has 1 aromatic heterocycles. The first-order chi connectivity index (χ1) is 10.5. The van der Waals surface area contributed by atoms with Crippen molar-refractivity contribution in [2.75, 3.05) is 16.8 Å². The third-order valence-electron chi connectivity index (χ3n) is 4.60. The zero-order valence-electron chi connectivity index (χ0n) is 12.8. The lowest BCUT2D eigenvalue weighted by Gasteiger charge is -2.43. The number of rotatable bonds is 3. The maximum atomic E-state index is 12.6. The smallest absolute Gasteiger partial charge is 0.374 e. The molecule has 0 unspecified atom stereocenters.